The number of rotatable bonds is 4. The fourth-order valence-corrected chi connectivity index (χ4v) is 3.20. The van der Waals surface area contributed by atoms with E-state index >= 15 is 0 Å². The molecule has 1 aromatic rings. The SMILES string of the molecule is CC1(CNC(=O)C2(c3ccccc3)CC2)CCNCC1. The fraction of sp³-hybridized carbons (Fsp3) is 0.588. The Bertz CT molecular complexity index is 473. The molecule has 1 aliphatic heterocycles. The van der Waals surface area contributed by atoms with Crippen LogP contribution in [-0.2, 0) is 10.2 Å². The zero-order valence-electron chi connectivity index (χ0n) is 12.2. The number of amides is 1. The van der Waals surface area contributed by atoms with Gasteiger partial charge >= 0.3 is 0 Å². The van der Waals surface area contributed by atoms with Crippen molar-refractivity contribution in [3.05, 3.63) is 35.9 Å². The van der Waals surface area contributed by atoms with E-state index in [1.807, 2.05) is 18.2 Å². The predicted molar refractivity (Wildman–Crippen MR) is 80.6 cm³/mol. The Kier molecular flexibility index (Phi) is 3.55. The quantitative estimate of drug-likeness (QED) is 0.882. The number of benzene rings is 1. The second-order valence-electron chi connectivity index (χ2n) is 6.69. The van der Waals surface area contributed by atoms with Crippen molar-refractivity contribution in [1.29, 1.82) is 0 Å². The molecule has 1 amide bonds. The van der Waals surface area contributed by atoms with Crippen molar-refractivity contribution in [3.63, 3.8) is 0 Å². The molecule has 20 heavy (non-hydrogen) atoms. The number of carbonyl (C=O) groups is 1. The summed E-state index contributed by atoms with van der Waals surface area (Å²) in [4.78, 5) is 12.6. The number of carbonyl (C=O) groups excluding carboxylic acids is 1. The molecule has 1 saturated heterocycles. The predicted octanol–water partition coefficient (Wildman–Crippen LogP) is 2.22. The van der Waals surface area contributed by atoms with Crippen LogP contribution >= 0.6 is 0 Å². The van der Waals surface area contributed by atoms with E-state index in [1.165, 1.54) is 5.56 Å². The van der Waals surface area contributed by atoms with Gasteiger partial charge < -0.3 is 10.6 Å². The smallest absolute Gasteiger partial charge is 0.230 e. The van der Waals surface area contributed by atoms with Crippen LogP contribution in [0.25, 0.3) is 0 Å². The van der Waals surface area contributed by atoms with Crippen molar-refractivity contribution < 1.29 is 4.79 Å². The molecule has 3 nitrogen and oxygen atoms in total. The number of hydrogen-bond acceptors (Lipinski definition) is 2. The van der Waals surface area contributed by atoms with Gasteiger partial charge in [-0.3, -0.25) is 4.79 Å². The average molecular weight is 272 g/mol. The highest BCUT2D eigenvalue weighted by Gasteiger charge is 2.51. The van der Waals surface area contributed by atoms with Crippen molar-refractivity contribution in [2.75, 3.05) is 19.6 Å². The topological polar surface area (TPSA) is 41.1 Å². The normalized spacial score (nSPS) is 23.1. The molecule has 108 valence electrons. The maximum atomic E-state index is 12.6. The lowest BCUT2D eigenvalue weighted by Crippen LogP contribution is -2.45. The van der Waals surface area contributed by atoms with Crippen molar-refractivity contribution in [2.45, 2.75) is 38.0 Å². The molecule has 0 atom stereocenters. The summed E-state index contributed by atoms with van der Waals surface area (Å²) >= 11 is 0. The first-order valence-electron chi connectivity index (χ1n) is 7.69. The standard InChI is InChI=1S/C17H24N2O/c1-16(9-11-18-12-10-16)13-19-15(20)17(7-8-17)14-5-3-2-4-6-14/h2-6,18H,7-13H2,1H3,(H,19,20). The number of hydrogen-bond donors (Lipinski definition) is 2. The van der Waals surface area contributed by atoms with E-state index in [9.17, 15) is 4.79 Å². The lowest BCUT2D eigenvalue weighted by atomic mass is 9.81. The summed E-state index contributed by atoms with van der Waals surface area (Å²) in [6, 6.07) is 10.2. The van der Waals surface area contributed by atoms with Gasteiger partial charge in [0.1, 0.15) is 0 Å². The fourth-order valence-electron chi connectivity index (χ4n) is 3.20. The Labute approximate surface area is 121 Å². The maximum absolute atomic E-state index is 12.6. The lowest BCUT2D eigenvalue weighted by Gasteiger charge is -2.34. The van der Waals surface area contributed by atoms with E-state index in [0.717, 1.165) is 45.3 Å². The van der Waals surface area contributed by atoms with Crippen LogP contribution in [0.15, 0.2) is 30.3 Å². The molecule has 2 fully saturated rings. The van der Waals surface area contributed by atoms with Crippen LogP contribution in [0.5, 0.6) is 0 Å². The first kappa shape index (κ1) is 13.6. The largest absolute Gasteiger partial charge is 0.355 e. The third kappa shape index (κ3) is 2.59. The molecule has 0 bridgehead atoms. The average Bonchev–Trinajstić information content (AvgIpc) is 3.28. The zero-order valence-corrected chi connectivity index (χ0v) is 12.2. The number of nitrogens with one attached hydrogen (secondary N) is 2. The second-order valence-corrected chi connectivity index (χ2v) is 6.69. The molecule has 3 rings (SSSR count). The molecule has 0 aromatic heterocycles. The summed E-state index contributed by atoms with van der Waals surface area (Å²) in [5, 5.41) is 6.61. The minimum Gasteiger partial charge on any atom is -0.355 e. The molecular formula is C17H24N2O. The van der Waals surface area contributed by atoms with Gasteiger partial charge in [-0.15, -0.1) is 0 Å². The van der Waals surface area contributed by atoms with Gasteiger partial charge in [-0.25, -0.2) is 0 Å². The molecule has 1 aromatic carbocycles. The Balaban J connectivity index is 1.62. The summed E-state index contributed by atoms with van der Waals surface area (Å²) < 4.78 is 0. The van der Waals surface area contributed by atoms with Crippen LogP contribution in [0, 0.1) is 5.41 Å². The lowest BCUT2D eigenvalue weighted by molar-refractivity contribution is -0.124. The highest BCUT2D eigenvalue weighted by atomic mass is 16.2. The molecule has 0 spiro atoms. The minimum absolute atomic E-state index is 0.225. The summed E-state index contributed by atoms with van der Waals surface area (Å²) in [5.74, 6) is 0.225. The van der Waals surface area contributed by atoms with Crippen LogP contribution in [0.2, 0.25) is 0 Å². The number of piperidine rings is 1. The second kappa shape index (κ2) is 5.21. The minimum atomic E-state index is -0.232. The van der Waals surface area contributed by atoms with Crippen molar-refractivity contribution in [2.24, 2.45) is 5.41 Å². The highest BCUT2D eigenvalue weighted by Crippen LogP contribution is 2.48. The van der Waals surface area contributed by atoms with E-state index < -0.39 is 0 Å². The molecule has 1 saturated carbocycles. The first-order chi connectivity index (χ1) is 9.65. The van der Waals surface area contributed by atoms with Crippen LogP contribution in [0.3, 0.4) is 0 Å². The van der Waals surface area contributed by atoms with E-state index in [2.05, 4.69) is 29.7 Å². The third-order valence-corrected chi connectivity index (χ3v) is 5.00. The van der Waals surface area contributed by atoms with Gasteiger partial charge in [0, 0.05) is 6.54 Å². The van der Waals surface area contributed by atoms with Gasteiger partial charge in [-0.2, -0.15) is 0 Å². The molecule has 0 unspecified atom stereocenters. The third-order valence-electron chi connectivity index (χ3n) is 5.00. The molecule has 1 heterocycles. The van der Waals surface area contributed by atoms with E-state index in [1.54, 1.807) is 0 Å². The molecule has 2 aliphatic rings. The Hall–Kier alpha value is -1.35. The Morgan fingerprint density at radius 2 is 1.80 bits per heavy atom. The molecule has 3 heteroatoms. The van der Waals surface area contributed by atoms with Crippen molar-refractivity contribution in [3.8, 4) is 0 Å². The van der Waals surface area contributed by atoms with E-state index in [-0.39, 0.29) is 16.7 Å². The van der Waals surface area contributed by atoms with E-state index in [0.29, 0.717) is 0 Å². The van der Waals surface area contributed by atoms with E-state index in [4.69, 9.17) is 0 Å². The molecule has 1 aliphatic carbocycles. The molecule has 2 N–H and O–H groups in total. The first-order valence-corrected chi connectivity index (χ1v) is 7.69. The summed E-state index contributed by atoms with van der Waals surface area (Å²) in [6.45, 7) is 5.23. The Morgan fingerprint density at radius 1 is 1.15 bits per heavy atom. The van der Waals surface area contributed by atoms with Gasteiger partial charge in [0.2, 0.25) is 5.91 Å². The van der Waals surface area contributed by atoms with Crippen LogP contribution in [-0.4, -0.2) is 25.5 Å². The summed E-state index contributed by atoms with van der Waals surface area (Å²) in [7, 11) is 0. The van der Waals surface area contributed by atoms with Crippen LogP contribution in [0.1, 0.15) is 38.2 Å². The molecular weight excluding hydrogens is 248 g/mol. The summed E-state index contributed by atoms with van der Waals surface area (Å²) in [6.07, 6.45) is 4.26. The van der Waals surface area contributed by atoms with Gasteiger partial charge in [-0.1, -0.05) is 37.3 Å². The van der Waals surface area contributed by atoms with Crippen LogP contribution in [0.4, 0.5) is 0 Å². The van der Waals surface area contributed by atoms with Gasteiger partial charge in [0.05, 0.1) is 5.41 Å². The highest BCUT2D eigenvalue weighted by molar-refractivity contribution is 5.91. The maximum Gasteiger partial charge on any atom is 0.230 e. The zero-order chi connectivity index (χ0) is 14.1. The Morgan fingerprint density at radius 3 is 2.40 bits per heavy atom. The molecule has 0 radical (unpaired) electrons. The van der Waals surface area contributed by atoms with Crippen molar-refractivity contribution >= 4 is 5.91 Å². The van der Waals surface area contributed by atoms with Gasteiger partial charge in [0.25, 0.3) is 0 Å². The van der Waals surface area contributed by atoms with Gasteiger partial charge in [0.15, 0.2) is 0 Å². The van der Waals surface area contributed by atoms with Gasteiger partial charge in [-0.05, 0) is 49.8 Å². The van der Waals surface area contributed by atoms with Crippen molar-refractivity contribution in [1.82, 2.24) is 10.6 Å². The van der Waals surface area contributed by atoms with Crippen LogP contribution < -0.4 is 10.6 Å². The monoisotopic (exact) mass is 272 g/mol. The summed E-state index contributed by atoms with van der Waals surface area (Å²) in [5.41, 5.74) is 1.20.